The number of nitrogens with zero attached hydrogens (tertiary/aromatic N) is 2. The highest BCUT2D eigenvalue weighted by Crippen LogP contribution is 2.20. The number of amides is 2. The minimum Gasteiger partial charge on any atom is -0.497 e. The van der Waals surface area contributed by atoms with E-state index in [0.29, 0.717) is 31.5 Å². The van der Waals surface area contributed by atoms with E-state index in [9.17, 15) is 9.59 Å². The molecule has 0 unspecified atom stereocenters. The van der Waals surface area contributed by atoms with E-state index >= 15 is 0 Å². The second kappa shape index (κ2) is 10.1. The van der Waals surface area contributed by atoms with Gasteiger partial charge in [0.05, 0.1) is 13.3 Å². The van der Waals surface area contributed by atoms with E-state index in [4.69, 9.17) is 4.74 Å². The van der Waals surface area contributed by atoms with Crippen LogP contribution in [0.2, 0.25) is 0 Å². The molecule has 1 aliphatic rings. The van der Waals surface area contributed by atoms with Gasteiger partial charge in [-0.05, 0) is 61.1 Å². The number of likely N-dealkylation sites (tertiary alicyclic amines) is 1. The molecule has 1 saturated heterocycles. The van der Waals surface area contributed by atoms with Crippen LogP contribution in [-0.2, 0) is 4.79 Å². The maximum atomic E-state index is 12.6. The molecule has 7 heteroatoms. The monoisotopic (exact) mass is 411 g/mol. The topological polar surface area (TPSA) is 71.0 Å². The number of carbonyl (C=O) groups excluding carboxylic acids is 2. The van der Waals surface area contributed by atoms with E-state index in [0.717, 1.165) is 11.3 Å². The highest BCUT2D eigenvalue weighted by Gasteiger charge is 2.27. The first-order valence-corrected chi connectivity index (χ1v) is 10.7. The molecule has 0 atom stereocenters. The first-order chi connectivity index (χ1) is 14.1. The number of carbonyl (C=O) groups is 2. The molecule has 0 spiro atoms. The van der Waals surface area contributed by atoms with Gasteiger partial charge in [-0.1, -0.05) is 12.1 Å². The highest BCUT2D eigenvalue weighted by atomic mass is 32.2. The lowest BCUT2D eigenvalue weighted by Gasteiger charge is -2.31. The average Bonchev–Trinajstić information content (AvgIpc) is 2.79. The molecular weight excluding hydrogens is 386 g/mol. The molecule has 0 radical (unpaired) electrons. The van der Waals surface area contributed by atoms with Gasteiger partial charge in [0.25, 0.3) is 5.91 Å². The molecule has 0 aliphatic carbocycles. The number of methoxy groups -OCH3 is 1. The molecule has 1 fully saturated rings. The van der Waals surface area contributed by atoms with Gasteiger partial charge < -0.3 is 9.64 Å². The van der Waals surface area contributed by atoms with Gasteiger partial charge in [0.1, 0.15) is 5.75 Å². The van der Waals surface area contributed by atoms with Crippen molar-refractivity contribution in [2.75, 3.05) is 26.5 Å². The average molecular weight is 412 g/mol. The van der Waals surface area contributed by atoms with Crippen LogP contribution in [-0.4, -0.2) is 49.4 Å². The Balaban J connectivity index is 1.47. The third kappa shape index (κ3) is 5.60. The Kier molecular flexibility index (Phi) is 7.30. The minimum absolute atomic E-state index is 0.0155. The van der Waals surface area contributed by atoms with E-state index < -0.39 is 0 Å². The fourth-order valence-corrected chi connectivity index (χ4v) is 3.62. The van der Waals surface area contributed by atoms with Crippen molar-refractivity contribution in [2.24, 2.45) is 11.0 Å². The summed E-state index contributed by atoms with van der Waals surface area (Å²) in [5, 5.41) is 4.07. The van der Waals surface area contributed by atoms with Gasteiger partial charge in [0.15, 0.2) is 0 Å². The summed E-state index contributed by atoms with van der Waals surface area (Å²) < 4.78 is 5.12. The number of thioether (sulfide) groups is 1. The van der Waals surface area contributed by atoms with Gasteiger partial charge in [-0.25, -0.2) is 5.43 Å². The molecule has 0 bridgehead atoms. The zero-order chi connectivity index (χ0) is 20.6. The van der Waals surface area contributed by atoms with Gasteiger partial charge in [-0.3, -0.25) is 9.59 Å². The number of hydrogen-bond acceptors (Lipinski definition) is 5. The van der Waals surface area contributed by atoms with E-state index in [2.05, 4.69) is 10.5 Å². The molecule has 3 rings (SSSR count). The standard InChI is InChI=1S/C22H25N3O3S/c1-28-19-7-5-18(6-8-19)22(27)25-13-11-17(12-14-25)21(26)24-23-15-16-3-9-20(29-2)10-4-16/h3-10,15,17H,11-14H2,1-2H3,(H,24,26)/b23-15-. The number of piperidine rings is 1. The Morgan fingerprint density at radius 1 is 1.10 bits per heavy atom. The fraction of sp³-hybridized carbons (Fsp3) is 0.318. The quantitative estimate of drug-likeness (QED) is 0.449. The smallest absolute Gasteiger partial charge is 0.253 e. The van der Waals surface area contributed by atoms with Crippen molar-refractivity contribution in [1.82, 2.24) is 10.3 Å². The SMILES string of the molecule is COc1ccc(C(=O)N2CCC(C(=O)N/N=C\c3ccc(SC)cc3)CC2)cc1. The summed E-state index contributed by atoms with van der Waals surface area (Å²) in [6.07, 6.45) is 4.93. The van der Waals surface area contributed by atoms with Crippen LogP contribution in [0.5, 0.6) is 5.75 Å². The molecule has 0 saturated carbocycles. The Hall–Kier alpha value is -2.80. The van der Waals surface area contributed by atoms with Crippen molar-refractivity contribution in [3.05, 3.63) is 59.7 Å². The maximum Gasteiger partial charge on any atom is 0.253 e. The molecule has 2 aromatic rings. The Morgan fingerprint density at radius 2 is 1.76 bits per heavy atom. The van der Waals surface area contributed by atoms with Crippen molar-refractivity contribution in [3.8, 4) is 5.75 Å². The lowest BCUT2D eigenvalue weighted by molar-refractivity contribution is -0.126. The van der Waals surface area contributed by atoms with Crippen LogP contribution in [0, 0.1) is 5.92 Å². The van der Waals surface area contributed by atoms with E-state index in [1.54, 1.807) is 54.3 Å². The Bertz CT molecular complexity index is 858. The van der Waals surface area contributed by atoms with Gasteiger partial charge in [0.2, 0.25) is 5.91 Å². The zero-order valence-electron chi connectivity index (χ0n) is 16.6. The number of ether oxygens (including phenoxy) is 1. The normalized spacial score (nSPS) is 14.8. The van der Waals surface area contributed by atoms with Crippen LogP contribution in [0.15, 0.2) is 58.5 Å². The fourth-order valence-electron chi connectivity index (χ4n) is 3.21. The molecule has 2 aromatic carbocycles. The third-order valence-electron chi connectivity index (χ3n) is 4.99. The van der Waals surface area contributed by atoms with Gasteiger partial charge in [-0.2, -0.15) is 5.10 Å². The van der Waals surface area contributed by atoms with Crippen LogP contribution < -0.4 is 10.2 Å². The van der Waals surface area contributed by atoms with Crippen LogP contribution in [0.4, 0.5) is 0 Å². The molecule has 0 aromatic heterocycles. The number of benzene rings is 2. The van der Waals surface area contributed by atoms with Crippen LogP contribution in [0.3, 0.4) is 0 Å². The molecule has 2 amide bonds. The predicted molar refractivity (Wildman–Crippen MR) is 116 cm³/mol. The largest absolute Gasteiger partial charge is 0.497 e. The second-order valence-corrected chi connectivity index (χ2v) is 7.68. The molecule has 6 nitrogen and oxygen atoms in total. The van der Waals surface area contributed by atoms with E-state index in [1.165, 1.54) is 4.90 Å². The van der Waals surface area contributed by atoms with Crippen molar-refractivity contribution in [1.29, 1.82) is 0 Å². The summed E-state index contributed by atoms with van der Waals surface area (Å²) in [5.74, 6) is 0.473. The molecule has 29 heavy (non-hydrogen) atoms. The summed E-state index contributed by atoms with van der Waals surface area (Å²) in [7, 11) is 1.60. The lowest BCUT2D eigenvalue weighted by atomic mass is 9.95. The van der Waals surface area contributed by atoms with Crippen LogP contribution in [0.1, 0.15) is 28.8 Å². The molecule has 1 heterocycles. The lowest BCUT2D eigenvalue weighted by Crippen LogP contribution is -2.42. The summed E-state index contributed by atoms with van der Waals surface area (Å²) in [6.45, 7) is 1.12. The first kappa shape index (κ1) is 20.9. The summed E-state index contributed by atoms with van der Waals surface area (Å²) in [6, 6.07) is 15.0. The number of hydrogen-bond donors (Lipinski definition) is 1. The van der Waals surface area contributed by atoms with Gasteiger partial charge in [0, 0.05) is 29.5 Å². The van der Waals surface area contributed by atoms with Crippen LogP contribution in [0.25, 0.3) is 0 Å². The maximum absolute atomic E-state index is 12.6. The third-order valence-corrected chi connectivity index (χ3v) is 5.74. The van der Waals surface area contributed by atoms with Crippen molar-refractivity contribution in [2.45, 2.75) is 17.7 Å². The van der Waals surface area contributed by atoms with Crippen molar-refractivity contribution in [3.63, 3.8) is 0 Å². The number of nitrogens with one attached hydrogen (secondary N) is 1. The second-order valence-electron chi connectivity index (χ2n) is 6.80. The highest BCUT2D eigenvalue weighted by molar-refractivity contribution is 7.98. The Morgan fingerprint density at radius 3 is 2.34 bits per heavy atom. The van der Waals surface area contributed by atoms with Crippen LogP contribution >= 0.6 is 11.8 Å². The number of hydrazone groups is 1. The molecule has 152 valence electrons. The number of rotatable bonds is 6. The van der Waals surface area contributed by atoms with E-state index in [-0.39, 0.29) is 17.7 Å². The minimum atomic E-state index is -0.133. The van der Waals surface area contributed by atoms with E-state index in [1.807, 2.05) is 30.5 Å². The van der Waals surface area contributed by atoms with Gasteiger partial charge >= 0.3 is 0 Å². The summed E-state index contributed by atoms with van der Waals surface area (Å²) >= 11 is 1.68. The van der Waals surface area contributed by atoms with Crippen molar-refractivity contribution < 1.29 is 14.3 Å². The summed E-state index contributed by atoms with van der Waals surface area (Å²) in [5.41, 5.74) is 4.19. The molecular formula is C22H25N3O3S. The predicted octanol–water partition coefficient (Wildman–Crippen LogP) is 3.42. The van der Waals surface area contributed by atoms with Gasteiger partial charge in [-0.15, -0.1) is 11.8 Å². The molecule has 1 N–H and O–H groups in total. The molecule has 1 aliphatic heterocycles. The summed E-state index contributed by atoms with van der Waals surface area (Å²) in [4.78, 5) is 27.9. The van der Waals surface area contributed by atoms with Crippen molar-refractivity contribution >= 4 is 29.8 Å². The Labute approximate surface area is 175 Å². The first-order valence-electron chi connectivity index (χ1n) is 9.51. The zero-order valence-corrected chi connectivity index (χ0v) is 17.4.